The van der Waals surface area contributed by atoms with Crippen LogP contribution >= 0.6 is 23.4 Å². The first-order valence-electron chi connectivity index (χ1n) is 8.53. The largest absolute Gasteiger partial charge is 0.342 e. The van der Waals surface area contributed by atoms with Gasteiger partial charge in [0, 0.05) is 18.1 Å². The van der Waals surface area contributed by atoms with E-state index in [0.29, 0.717) is 5.02 Å². The Morgan fingerprint density at radius 1 is 1.20 bits per heavy atom. The van der Waals surface area contributed by atoms with Crippen LogP contribution in [0.15, 0.2) is 29.4 Å². The van der Waals surface area contributed by atoms with E-state index in [1.54, 1.807) is 0 Å². The summed E-state index contributed by atoms with van der Waals surface area (Å²) in [5, 5.41) is 9.48. The summed E-state index contributed by atoms with van der Waals surface area (Å²) in [5.74, 6) is 0.953. The Balaban J connectivity index is 1.68. The second-order valence-electron chi connectivity index (χ2n) is 6.45. The number of thioether (sulfide) groups is 1. The first kappa shape index (κ1) is 16.7. The van der Waals surface area contributed by atoms with Gasteiger partial charge in [-0.3, -0.25) is 4.79 Å². The number of amides is 1. The average molecular weight is 378 g/mol. The lowest BCUT2D eigenvalue weighted by molar-refractivity contribution is -0.131. The number of fused-ring (bicyclic) bond motifs is 1. The second kappa shape index (κ2) is 6.88. The molecule has 1 fully saturated rings. The molecule has 132 valence electrons. The molecule has 25 heavy (non-hydrogen) atoms. The number of aromatic nitrogens is 3. The Bertz CT molecular complexity index is 772. The van der Waals surface area contributed by atoms with Gasteiger partial charge >= 0.3 is 0 Å². The minimum atomic E-state index is -0.268. The standard InChI is InChI=1S/C17H20ClN5OS/c1-11-19-20-17-23(11)21-14(12-5-7-13(18)8-6-12)15(25-17)16(24)22-9-3-2-4-10-22/h5-8,14-15,21H,2-4,9-10H2,1H3/t14-,15+/m1/s1. The molecule has 4 rings (SSSR count). The van der Waals surface area contributed by atoms with E-state index < -0.39 is 0 Å². The van der Waals surface area contributed by atoms with Gasteiger partial charge in [-0.1, -0.05) is 35.5 Å². The van der Waals surface area contributed by atoms with Crippen molar-refractivity contribution in [3.05, 3.63) is 40.7 Å². The number of carbonyl (C=O) groups excluding carboxylic acids is 1. The van der Waals surface area contributed by atoms with E-state index in [0.717, 1.165) is 42.5 Å². The first-order chi connectivity index (χ1) is 12.1. The van der Waals surface area contributed by atoms with Crippen LogP contribution in [0.4, 0.5) is 0 Å². The minimum Gasteiger partial charge on any atom is -0.342 e. The number of carbonyl (C=O) groups is 1. The molecule has 6 nitrogen and oxygen atoms in total. The molecular formula is C17H20ClN5OS. The first-order valence-corrected chi connectivity index (χ1v) is 9.79. The van der Waals surface area contributed by atoms with Gasteiger partial charge < -0.3 is 10.3 Å². The van der Waals surface area contributed by atoms with E-state index >= 15 is 0 Å². The number of halogens is 1. The van der Waals surface area contributed by atoms with Crippen molar-refractivity contribution in [2.24, 2.45) is 0 Å². The Kier molecular flexibility index (Phi) is 4.60. The van der Waals surface area contributed by atoms with Crippen molar-refractivity contribution in [2.45, 2.75) is 42.6 Å². The van der Waals surface area contributed by atoms with Crippen LogP contribution in [-0.4, -0.2) is 44.0 Å². The highest BCUT2D eigenvalue weighted by molar-refractivity contribution is 8.00. The third kappa shape index (κ3) is 3.22. The van der Waals surface area contributed by atoms with E-state index in [-0.39, 0.29) is 17.2 Å². The Morgan fingerprint density at radius 2 is 1.92 bits per heavy atom. The quantitative estimate of drug-likeness (QED) is 0.871. The fourth-order valence-electron chi connectivity index (χ4n) is 3.36. The monoisotopic (exact) mass is 377 g/mol. The number of nitrogens with zero attached hydrogens (tertiary/aromatic N) is 4. The summed E-state index contributed by atoms with van der Waals surface area (Å²) in [7, 11) is 0. The molecule has 0 unspecified atom stereocenters. The maximum atomic E-state index is 13.2. The predicted octanol–water partition coefficient (Wildman–Crippen LogP) is 3.01. The van der Waals surface area contributed by atoms with Gasteiger partial charge in [-0.2, -0.15) is 0 Å². The number of nitrogens with one attached hydrogen (secondary N) is 1. The van der Waals surface area contributed by atoms with Crippen molar-refractivity contribution >= 4 is 29.3 Å². The molecule has 2 aliphatic heterocycles. The van der Waals surface area contributed by atoms with E-state index in [1.807, 2.05) is 40.8 Å². The fraction of sp³-hybridized carbons (Fsp3) is 0.471. The molecule has 3 heterocycles. The molecule has 1 saturated heterocycles. The van der Waals surface area contributed by atoms with Crippen LogP contribution < -0.4 is 5.43 Å². The number of piperidine rings is 1. The van der Waals surface area contributed by atoms with Gasteiger partial charge in [0.05, 0.1) is 6.04 Å². The van der Waals surface area contributed by atoms with Crippen LogP contribution in [-0.2, 0) is 4.79 Å². The second-order valence-corrected chi connectivity index (χ2v) is 7.99. The number of benzene rings is 1. The molecular weight excluding hydrogens is 358 g/mol. The molecule has 2 aliphatic rings. The normalized spacial score (nSPS) is 23.0. The lowest BCUT2D eigenvalue weighted by atomic mass is 10.0. The van der Waals surface area contributed by atoms with Crippen LogP contribution in [0.5, 0.6) is 0 Å². The van der Waals surface area contributed by atoms with Crippen molar-refractivity contribution in [3.63, 3.8) is 0 Å². The van der Waals surface area contributed by atoms with Gasteiger partial charge in [-0.25, -0.2) is 4.68 Å². The smallest absolute Gasteiger partial charge is 0.238 e. The van der Waals surface area contributed by atoms with Crippen molar-refractivity contribution in [1.29, 1.82) is 0 Å². The van der Waals surface area contributed by atoms with Crippen LogP contribution in [0.3, 0.4) is 0 Å². The molecule has 0 saturated carbocycles. The molecule has 0 bridgehead atoms. The third-order valence-corrected chi connectivity index (χ3v) is 6.19. The minimum absolute atomic E-state index is 0.154. The van der Waals surface area contributed by atoms with Gasteiger partial charge in [0.2, 0.25) is 11.1 Å². The highest BCUT2D eigenvalue weighted by Gasteiger charge is 2.39. The maximum absolute atomic E-state index is 13.2. The molecule has 1 amide bonds. The summed E-state index contributed by atoms with van der Waals surface area (Å²) >= 11 is 7.52. The zero-order chi connectivity index (χ0) is 17.4. The molecule has 8 heteroatoms. The zero-order valence-electron chi connectivity index (χ0n) is 14.0. The zero-order valence-corrected chi connectivity index (χ0v) is 15.6. The van der Waals surface area contributed by atoms with Gasteiger partial charge in [0.25, 0.3) is 0 Å². The third-order valence-electron chi connectivity index (χ3n) is 4.74. The SMILES string of the molecule is Cc1nnc2n1N[C@H](c1ccc(Cl)cc1)[C@@H](C(=O)N1CCCCC1)S2. The highest BCUT2D eigenvalue weighted by atomic mass is 35.5. The van der Waals surface area contributed by atoms with E-state index in [9.17, 15) is 4.79 Å². The van der Waals surface area contributed by atoms with Crippen molar-refractivity contribution in [2.75, 3.05) is 18.5 Å². The lowest BCUT2D eigenvalue weighted by Gasteiger charge is -2.37. The van der Waals surface area contributed by atoms with Crippen molar-refractivity contribution in [1.82, 2.24) is 19.8 Å². The van der Waals surface area contributed by atoms with Crippen molar-refractivity contribution < 1.29 is 4.79 Å². The Labute approximate surface area is 155 Å². The van der Waals surface area contributed by atoms with Gasteiger partial charge in [-0.05, 0) is 43.9 Å². The molecule has 2 atom stereocenters. The van der Waals surface area contributed by atoms with Crippen LogP contribution in [0.1, 0.15) is 36.7 Å². The molecule has 2 aromatic rings. The maximum Gasteiger partial charge on any atom is 0.238 e. The number of hydrogen-bond donors (Lipinski definition) is 1. The molecule has 1 N–H and O–H groups in total. The molecule has 0 aliphatic carbocycles. The summed E-state index contributed by atoms with van der Waals surface area (Å²) in [5.41, 5.74) is 4.46. The van der Waals surface area contributed by atoms with E-state index in [1.165, 1.54) is 18.2 Å². The highest BCUT2D eigenvalue weighted by Crippen LogP contribution is 2.38. The van der Waals surface area contributed by atoms with E-state index in [2.05, 4.69) is 15.6 Å². The molecule has 1 aromatic carbocycles. The summed E-state index contributed by atoms with van der Waals surface area (Å²) in [6.45, 7) is 3.58. The van der Waals surface area contributed by atoms with Crippen molar-refractivity contribution in [3.8, 4) is 0 Å². The fourth-order valence-corrected chi connectivity index (χ4v) is 4.70. The predicted molar refractivity (Wildman–Crippen MR) is 98.4 cm³/mol. The van der Waals surface area contributed by atoms with E-state index in [4.69, 9.17) is 11.6 Å². The lowest BCUT2D eigenvalue weighted by Crippen LogP contribution is -2.47. The summed E-state index contributed by atoms with van der Waals surface area (Å²) in [4.78, 5) is 15.2. The molecule has 0 radical (unpaired) electrons. The number of likely N-dealkylation sites (tertiary alicyclic amines) is 1. The molecule has 0 spiro atoms. The van der Waals surface area contributed by atoms with Crippen LogP contribution in [0, 0.1) is 6.92 Å². The van der Waals surface area contributed by atoms with Gasteiger partial charge in [-0.15, -0.1) is 10.2 Å². The summed E-state index contributed by atoms with van der Waals surface area (Å²) < 4.78 is 1.87. The average Bonchev–Trinajstić information content (AvgIpc) is 3.02. The van der Waals surface area contributed by atoms with Crippen LogP contribution in [0.25, 0.3) is 0 Å². The van der Waals surface area contributed by atoms with Crippen LogP contribution in [0.2, 0.25) is 5.02 Å². The summed E-state index contributed by atoms with van der Waals surface area (Å²) in [6.07, 6.45) is 3.36. The van der Waals surface area contributed by atoms with Gasteiger partial charge in [0.15, 0.2) is 0 Å². The topological polar surface area (TPSA) is 63.1 Å². The number of rotatable bonds is 2. The molecule has 1 aromatic heterocycles. The Morgan fingerprint density at radius 3 is 2.64 bits per heavy atom. The Hall–Kier alpha value is -1.73. The summed E-state index contributed by atoms with van der Waals surface area (Å²) in [6, 6.07) is 7.52. The number of hydrogen-bond acceptors (Lipinski definition) is 5. The number of aryl methyl sites for hydroxylation is 1. The van der Waals surface area contributed by atoms with Gasteiger partial charge in [0.1, 0.15) is 11.1 Å².